The first kappa shape index (κ1) is 18.8. The van der Waals surface area contributed by atoms with E-state index in [9.17, 15) is 17.6 Å². The van der Waals surface area contributed by atoms with E-state index in [1.54, 1.807) is 12.1 Å². The number of carbonyl (C=O) groups is 1. The lowest BCUT2D eigenvalue weighted by molar-refractivity contribution is -0.121. The minimum atomic E-state index is -3.37. The smallest absolute Gasteiger partial charge is 0.220 e. The van der Waals surface area contributed by atoms with Crippen molar-refractivity contribution in [1.82, 2.24) is 9.62 Å². The Morgan fingerprint density at radius 3 is 2.54 bits per heavy atom. The number of rotatable bonds is 7. The number of benzene rings is 1. The molecule has 0 spiro atoms. The van der Waals surface area contributed by atoms with Crippen molar-refractivity contribution in [2.24, 2.45) is 0 Å². The van der Waals surface area contributed by atoms with Gasteiger partial charge in [-0.1, -0.05) is 19.1 Å². The predicted molar refractivity (Wildman–Crippen MR) is 88.6 cm³/mol. The number of hydrogen-bond acceptors (Lipinski definition) is 4. The van der Waals surface area contributed by atoms with Crippen molar-refractivity contribution in [1.29, 1.82) is 0 Å². The molecule has 1 aliphatic rings. The molecule has 0 aromatic heterocycles. The van der Waals surface area contributed by atoms with E-state index in [1.807, 2.05) is 6.92 Å². The summed E-state index contributed by atoms with van der Waals surface area (Å²) in [5.41, 5.74) is 0.868. The van der Waals surface area contributed by atoms with Crippen molar-refractivity contribution in [2.75, 3.05) is 38.6 Å². The molecule has 0 bridgehead atoms. The highest BCUT2D eigenvalue weighted by Gasteiger charge is 2.24. The molecule has 1 aliphatic heterocycles. The molecular weight excluding hydrogens is 335 g/mol. The molecule has 1 heterocycles. The largest absolute Gasteiger partial charge is 0.379 e. The van der Waals surface area contributed by atoms with Crippen molar-refractivity contribution in [3.05, 3.63) is 35.6 Å². The van der Waals surface area contributed by atoms with Gasteiger partial charge < -0.3 is 10.1 Å². The van der Waals surface area contributed by atoms with E-state index in [0.717, 1.165) is 5.56 Å². The lowest BCUT2D eigenvalue weighted by Gasteiger charge is -2.26. The predicted octanol–water partition coefficient (Wildman–Crippen LogP) is 1.10. The van der Waals surface area contributed by atoms with Crippen LogP contribution in [0, 0.1) is 5.82 Å². The van der Waals surface area contributed by atoms with Crippen LogP contribution < -0.4 is 5.32 Å². The zero-order chi connectivity index (χ0) is 17.6. The molecule has 1 amide bonds. The van der Waals surface area contributed by atoms with Crippen LogP contribution in [-0.2, 0) is 19.6 Å². The summed E-state index contributed by atoms with van der Waals surface area (Å²) in [6.07, 6.45) is 0.225. The van der Waals surface area contributed by atoms with E-state index in [2.05, 4.69) is 5.32 Å². The van der Waals surface area contributed by atoms with Crippen LogP contribution in [-0.4, -0.2) is 57.2 Å². The number of amides is 1. The Balaban J connectivity index is 1.75. The van der Waals surface area contributed by atoms with E-state index in [1.165, 1.54) is 16.4 Å². The van der Waals surface area contributed by atoms with Gasteiger partial charge >= 0.3 is 0 Å². The lowest BCUT2D eigenvalue weighted by atomic mass is 9.97. The molecular formula is C16H23FN2O4S. The summed E-state index contributed by atoms with van der Waals surface area (Å²) < 4.78 is 43.7. The highest BCUT2D eigenvalue weighted by atomic mass is 32.2. The van der Waals surface area contributed by atoms with Gasteiger partial charge in [0.25, 0.3) is 0 Å². The third-order valence-corrected chi connectivity index (χ3v) is 5.85. The van der Waals surface area contributed by atoms with Gasteiger partial charge in [0.15, 0.2) is 0 Å². The fraction of sp³-hybridized carbons (Fsp3) is 0.562. The summed E-state index contributed by atoms with van der Waals surface area (Å²) in [6, 6.07) is 6.02. The van der Waals surface area contributed by atoms with Crippen molar-refractivity contribution < 1.29 is 22.3 Å². The van der Waals surface area contributed by atoms with Crippen LogP contribution in [0.5, 0.6) is 0 Å². The topological polar surface area (TPSA) is 75.7 Å². The third-order valence-electron chi connectivity index (χ3n) is 3.98. The van der Waals surface area contributed by atoms with Crippen molar-refractivity contribution in [3.63, 3.8) is 0 Å². The number of halogens is 1. The summed E-state index contributed by atoms with van der Waals surface area (Å²) in [5.74, 6) is -0.724. The molecule has 1 fully saturated rings. The first-order valence-electron chi connectivity index (χ1n) is 7.96. The Kier molecular flexibility index (Phi) is 6.70. The van der Waals surface area contributed by atoms with Crippen molar-refractivity contribution in [3.8, 4) is 0 Å². The van der Waals surface area contributed by atoms with Gasteiger partial charge in [-0.25, -0.2) is 12.8 Å². The molecule has 0 radical (unpaired) electrons. The molecule has 1 N–H and O–H groups in total. The monoisotopic (exact) mass is 358 g/mol. The van der Waals surface area contributed by atoms with Crippen LogP contribution in [0.25, 0.3) is 0 Å². The number of nitrogens with one attached hydrogen (secondary N) is 1. The fourth-order valence-corrected chi connectivity index (χ4v) is 3.86. The molecule has 0 saturated carbocycles. The van der Waals surface area contributed by atoms with Crippen LogP contribution in [0.3, 0.4) is 0 Å². The van der Waals surface area contributed by atoms with Gasteiger partial charge in [0, 0.05) is 26.1 Å². The quantitative estimate of drug-likeness (QED) is 0.792. The van der Waals surface area contributed by atoms with Gasteiger partial charge in [-0.2, -0.15) is 4.31 Å². The maximum Gasteiger partial charge on any atom is 0.220 e. The third kappa shape index (κ3) is 5.54. The first-order valence-corrected chi connectivity index (χ1v) is 9.57. The molecule has 0 aliphatic carbocycles. The fourth-order valence-electron chi connectivity index (χ4n) is 2.53. The minimum absolute atomic E-state index is 0.0681. The minimum Gasteiger partial charge on any atom is -0.379 e. The Morgan fingerprint density at radius 1 is 1.29 bits per heavy atom. The summed E-state index contributed by atoms with van der Waals surface area (Å²) in [4.78, 5) is 11.9. The highest BCUT2D eigenvalue weighted by molar-refractivity contribution is 7.89. The Labute approximate surface area is 142 Å². The van der Waals surface area contributed by atoms with Gasteiger partial charge in [0.1, 0.15) is 5.82 Å². The SMILES string of the molecule is CC(CC(=O)NCCS(=O)(=O)N1CCOCC1)c1ccc(F)cc1. The van der Waals surface area contributed by atoms with Crippen molar-refractivity contribution in [2.45, 2.75) is 19.3 Å². The number of nitrogens with zero attached hydrogens (tertiary/aromatic N) is 1. The first-order chi connectivity index (χ1) is 11.4. The van der Waals surface area contributed by atoms with Gasteiger partial charge in [-0.3, -0.25) is 4.79 Å². The highest BCUT2D eigenvalue weighted by Crippen LogP contribution is 2.19. The van der Waals surface area contributed by atoms with Gasteiger partial charge in [0.05, 0.1) is 19.0 Å². The zero-order valence-corrected chi connectivity index (χ0v) is 14.5. The number of hydrogen-bond donors (Lipinski definition) is 1. The average molecular weight is 358 g/mol. The number of carbonyl (C=O) groups excluding carboxylic acids is 1. The normalized spacial score (nSPS) is 17.4. The molecule has 24 heavy (non-hydrogen) atoms. The Hall–Kier alpha value is -1.51. The molecule has 134 valence electrons. The van der Waals surface area contributed by atoms with Crippen molar-refractivity contribution >= 4 is 15.9 Å². The molecule has 8 heteroatoms. The van der Waals surface area contributed by atoms with Gasteiger partial charge in [-0.15, -0.1) is 0 Å². The number of morpholine rings is 1. The second-order valence-electron chi connectivity index (χ2n) is 5.83. The summed E-state index contributed by atoms with van der Waals surface area (Å²) in [7, 11) is -3.37. The molecule has 1 saturated heterocycles. The summed E-state index contributed by atoms with van der Waals surface area (Å²) in [6.45, 7) is 3.48. The number of sulfonamides is 1. The molecule has 6 nitrogen and oxygen atoms in total. The van der Waals surface area contributed by atoms with Crippen LogP contribution in [0.4, 0.5) is 4.39 Å². The average Bonchev–Trinajstić information content (AvgIpc) is 2.56. The van der Waals surface area contributed by atoms with Gasteiger partial charge in [0.2, 0.25) is 15.9 Å². The molecule has 1 aromatic carbocycles. The Morgan fingerprint density at radius 2 is 1.92 bits per heavy atom. The number of ether oxygens (including phenoxy) is 1. The van der Waals surface area contributed by atoms with E-state index < -0.39 is 10.0 Å². The van der Waals surface area contributed by atoms with E-state index >= 15 is 0 Å². The Bertz CT molecular complexity index is 643. The van der Waals surface area contributed by atoms with Crippen LogP contribution in [0.1, 0.15) is 24.8 Å². The zero-order valence-electron chi connectivity index (χ0n) is 13.7. The van der Waals surface area contributed by atoms with E-state index in [0.29, 0.717) is 26.3 Å². The maximum atomic E-state index is 12.9. The summed E-state index contributed by atoms with van der Waals surface area (Å²) >= 11 is 0. The second-order valence-corrected chi connectivity index (χ2v) is 7.92. The van der Waals surface area contributed by atoms with Crippen LogP contribution in [0.15, 0.2) is 24.3 Å². The van der Waals surface area contributed by atoms with Gasteiger partial charge in [-0.05, 0) is 23.6 Å². The van der Waals surface area contributed by atoms with E-state index in [4.69, 9.17) is 4.74 Å². The molecule has 1 atom stereocenters. The molecule has 1 aromatic rings. The maximum absolute atomic E-state index is 12.9. The second kappa shape index (κ2) is 8.55. The standard InChI is InChI=1S/C16H23FN2O4S/c1-13(14-2-4-15(17)5-3-14)12-16(20)18-6-11-24(21,22)19-7-9-23-10-8-19/h2-5,13H,6-12H2,1H3,(H,18,20). The van der Waals surface area contributed by atoms with E-state index in [-0.39, 0.29) is 36.4 Å². The van der Waals surface area contributed by atoms with Crippen LogP contribution >= 0.6 is 0 Å². The van der Waals surface area contributed by atoms with Crippen LogP contribution in [0.2, 0.25) is 0 Å². The lowest BCUT2D eigenvalue weighted by Crippen LogP contribution is -2.43. The molecule has 1 unspecified atom stereocenters. The summed E-state index contributed by atoms with van der Waals surface area (Å²) in [5, 5.41) is 2.64. The molecule has 2 rings (SSSR count).